The number of rotatable bonds is 6. The smallest absolute Gasteiger partial charge is 0.169 e. The molecule has 0 fully saturated rings. The Balaban J connectivity index is 2.42. The minimum absolute atomic E-state index is 0.0885. The molecule has 0 bridgehead atoms. The number of hydrogen-bond acceptors (Lipinski definition) is 8. The van der Waals surface area contributed by atoms with Gasteiger partial charge in [-0.05, 0) is 13.0 Å². The quantitative estimate of drug-likeness (QED) is 0.463. The molecular weight excluding hydrogens is 300 g/mol. The van der Waals surface area contributed by atoms with Gasteiger partial charge in [-0.25, -0.2) is 10.0 Å². The summed E-state index contributed by atoms with van der Waals surface area (Å²) in [6.45, 7) is 1.94. The van der Waals surface area contributed by atoms with Crippen molar-refractivity contribution >= 4 is 34.3 Å². The molecule has 0 saturated heterocycles. The predicted octanol–water partition coefficient (Wildman–Crippen LogP) is -0.0443. The molecule has 1 aromatic rings. The lowest BCUT2D eigenvalue weighted by molar-refractivity contribution is 0.202. The molecule has 9 heteroatoms. The van der Waals surface area contributed by atoms with Crippen LogP contribution in [0.3, 0.4) is 0 Å². The summed E-state index contributed by atoms with van der Waals surface area (Å²) in [5, 5.41) is 31.8. The zero-order valence-electron chi connectivity index (χ0n) is 12.8. The number of nitrogen functional groups attached to an aromatic ring is 2. The third kappa shape index (κ3) is 3.41. The van der Waals surface area contributed by atoms with Crippen LogP contribution < -0.4 is 16.2 Å². The van der Waals surface area contributed by atoms with E-state index < -0.39 is 0 Å². The molecule has 1 aliphatic rings. The van der Waals surface area contributed by atoms with Gasteiger partial charge in [0.2, 0.25) is 0 Å². The Morgan fingerprint density at radius 1 is 1.30 bits per heavy atom. The van der Waals surface area contributed by atoms with Gasteiger partial charge in [-0.1, -0.05) is 0 Å². The molecule has 0 atom stereocenters. The molecule has 2 rings (SSSR count). The van der Waals surface area contributed by atoms with Crippen LogP contribution in [-0.2, 0) is 0 Å². The number of amidine groups is 1. The molecule has 0 saturated carbocycles. The fourth-order valence-corrected chi connectivity index (χ4v) is 2.06. The van der Waals surface area contributed by atoms with Crippen LogP contribution in [0.5, 0.6) is 5.75 Å². The van der Waals surface area contributed by atoms with E-state index >= 15 is 0 Å². The summed E-state index contributed by atoms with van der Waals surface area (Å²) in [5.74, 6) is 0.428. The highest BCUT2D eigenvalue weighted by atomic mass is 16.5. The predicted molar refractivity (Wildman–Crippen MR) is 89.6 cm³/mol. The van der Waals surface area contributed by atoms with E-state index in [0.717, 1.165) is 0 Å². The van der Waals surface area contributed by atoms with E-state index in [1.54, 1.807) is 0 Å². The van der Waals surface area contributed by atoms with E-state index in [-0.39, 0.29) is 31.4 Å². The molecule has 1 aromatic carbocycles. The Morgan fingerprint density at radius 2 is 2.04 bits per heavy atom. The second-order valence-electron chi connectivity index (χ2n) is 4.75. The molecule has 0 radical (unpaired) electrons. The average Bonchev–Trinajstić information content (AvgIpc) is 2.84. The lowest BCUT2D eigenvalue weighted by Gasteiger charge is -2.12. The molecule has 0 spiro atoms. The maximum atomic E-state index is 9.39. The zero-order chi connectivity index (χ0) is 17.0. The summed E-state index contributed by atoms with van der Waals surface area (Å²) in [4.78, 5) is 4.34. The Hall–Kier alpha value is -2.65. The van der Waals surface area contributed by atoms with Gasteiger partial charge in [-0.3, -0.25) is 5.41 Å². The Bertz CT molecular complexity index is 671. The molecule has 0 aromatic heterocycles. The van der Waals surface area contributed by atoms with Gasteiger partial charge >= 0.3 is 0 Å². The van der Waals surface area contributed by atoms with Crippen LogP contribution in [0.25, 0.3) is 0 Å². The number of aliphatic hydroxyl groups is 2. The minimum Gasteiger partial charge on any atom is -0.489 e. The molecule has 1 heterocycles. The van der Waals surface area contributed by atoms with Crippen molar-refractivity contribution in [3.05, 3.63) is 12.1 Å². The van der Waals surface area contributed by atoms with E-state index in [9.17, 15) is 5.11 Å². The van der Waals surface area contributed by atoms with Gasteiger partial charge in [-0.2, -0.15) is 5.10 Å². The summed E-state index contributed by atoms with van der Waals surface area (Å²) in [5.41, 5.74) is 13.3. The van der Waals surface area contributed by atoms with Gasteiger partial charge in [-0.15, -0.1) is 0 Å². The van der Waals surface area contributed by atoms with Crippen molar-refractivity contribution < 1.29 is 14.9 Å². The van der Waals surface area contributed by atoms with Crippen molar-refractivity contribution in [1.82, 2.24) is 5.01 Å². The number of nitrogens with two attached hydrogens (primary N) is 2. The highest BCUT2D eigenvalue weighted by Gasteiger charge is 2.27. The molecule has 0 unspecified atom stereocenters. The lowest BCUT2D eigenvalue weighted by Crippen LogP contribution is -2.27. The number of nitrogens with one attached hydrogen (secondary N) is 1. The van der Waals surface area contributed by atoms with Gasteiger partial charge < -0.3 is 26.4 Å². The molecule has 23 heavy (non-hydrogen) atoms. The molecule has 1 aliphatic heterocycles. The van der Waals surface area contributed by atoms with Crippen LogP contribution in [0.1, 0.15) is 6.92 Å². The number of benzene rings is 1. The van der Waals surface area contributed by atoms with Gasteiger partial charge in [0.05, 0.1) is 30.3 Å². The lowest BCUT2D eigenvalue weighted by atomic mass is 10.2. The second kappa shape index (κ2) is 7.07. The van der Waals surface area contributed by atoms with E-state index in [2.05, 4.69) is 10.1 Å². The summed E-state index contributed by atoms with van der Waals surface area (Å²) < 4.78 is 5.32. The zero-order valence-corrected chi connectivity index (χ0v) is 12.8. The number of hydrogen-bond donors (Lipinski definition) is 5. The number of aliphatic hydroxyl groups excluding tert-OH is 2. The molecule has 7 N–H and O–H groups in total. The van der Waals surface area contributed by atoms with Crippen LogP contribution in [0.2, 0.25) is 0 Å². The number of ether oxygens (including phenoxy) is 1. The first-order chi connectivity index (χ1) is 11.0. The number of aliphatic imine (C=N–C) groups is 1. The molecule has 0 amide bonds. The summed E-state index contributed by atoms with van der Waals surface area (Å²) in [7, 11) is 0. The summed E-state index contributed by atoms with van der Waals surface area (Å²) >= 11 is 0. The van der Waals surface area contributed by atoms with Crippen molar-refractivity contribution in [3.63, 3.8) is 0 Å². The molecule has 0 aliphatic carbocycles. The monoisotopic (exact) mass is 320 g/mol. The highest BCUT2D eigenvalue weighted by Crippen LogP contribution is 2.33. The van der Waals surface area contributed by atoms with Crippen LogP contribution in [-0.4, -0.2) is 58.8 Å². The first kappa shape index (κ1) is 16.7. The minimum atomic E-state index is -0.333. The van der Waals surface area contributed by atoms with Gasteiger partial charge in [0.1, 0.15) is 23.8 Å². The number of anilines is 2. The molecule has 124 valence electrons. The fourth-order valence-electron chi connectivity index (χ4n) is 2.06. The third-order valence-corrected chi connectivity index (χ3v) is 3.19. The Morgan fingerprint density at radius 3 is 2.65 bits per heavy atom. The van der Waals surface area contributed by atoms with E-state index in [1.807, 2.05) is 6.92 Å². The highest BCUT2D eigenvalue weighted by molar-refractivity contribution is 6.70. The van der Waals surface area contributed by atoms with E-state index in [0.29, 0.717) is 35.1 Å². The first-order valence-electron chi connectivity index (χ1n) is 7.08. The number of nitrogens with zero attached hydrogens (tertiary/aromatic N) is 3. The van der Waals surface area contributed by atoms with Gasteiger partial charge in [0.15, 0.2) is 5.84 Å². The SMILES string of the molecule is CCN1N=C(CO)C(=Nc2cc(OCCO)c(N)cc2N)C1=N. The Kier molecular flexibility index (Phi) is 5.14. The van der Waals surface area contributed by atoms with Crippen molar-refractivity contribution in [2.24, 2.45) is 10.1 Å². The van der Waals surface area contributed by atoms with E-state index in [4.69, 9.17) is 26.7 Å². The summed E-state index contributed by atoms with van der Waals surface area (Å²) in [6.07, 6.45) is 0. The Labute approximate surface area is 133 Å². The average molecular weight is 320 g/mol. The maximum Gasteiger partial charge on any atom is 0.169 e. The fraction of sp³-hybridized carbons (Fsp3) is 0.357. The standard InChI is InChI=1S/C14H20N6O3/c1-2-20-14(17)13(11(7-22)19-20)18-10-6-12(23-4-3-21)9(16)5-8(10)15/h5-6,17,21-22H,2-4,7,15-16H2,1H3. The topological polar surface area (TPSA) is 154 Å². The maximum absolute atomic E-state index is 9.39. The second-order valence-corrected chi connectivity index (χ2v) is 4.75. The molecule has 9 nitrogen and oxygen atoms in total. The van der Waals surface area contributed by atoms with E-state index in [1.165, 1.54) is 17.1 Å². The first-order valence-corrected chi connectivity index (χ1v) is 7.08. The largest absolute Gasteiger partial charge is 0.489 e. The third-order valence-electron chi connectivity index (χ3n) is 3.19. The molecular formula is C14H20N6O3. The van der Waals surface area contributed by atoms with Crippen molar-refractivity contribution in [3.8, 4) is 5.75 Å². The van der Waals surface area contributed by atoms with Gasteiger partial charge in [0.25, 0.3) is 0 Å². The van der Waals surface area contributed by atoms with Crippen molar-refractivity contribution in [1.29, 1.82) is 5.41 Å². The van der Waals surface area contributed by atoms with Gasteiger partial charge in [0, 0.05) is 12.6 Å². The number of hydrazone groups is 1. The van der Waals surface area contributed by atoms with Crippen molar-refractivity contribution in [2.75, 3.05) is 37.8 Å². The van der Waals surface area contributed by atoms with Crippen molar-refractivity contribution in [2.45, 2.75) is 6.92 Å². The normalized spacial score (nSPS) is 16.1. The van der Waals surface area contributed by atoms with Crippen LogP contribution >= 0.6 is 0 Å². The summed E-state index contributed by atoms with van der Waals surface area (Å²) in [6, 6.07) is 3.03. The van der Waals surface area contributed by atoms with Crippen LogP contribution in [0.4, 0.5) is 17.1 Å². The van der Waals surface area contributed by atoms with Crippen LogP contribution in [0, 0.1) is 5.41 Å². The van der Waals surface area contributed by atoms with Crippen LogP contribution in [0.15, 0.2) is 22.2 Å².